The Balaban J connectivity index is 2.86. The smallest absolute Gasteiger partial charge is 0.241 e. The number of sulfonamides is 1. The number of hydrogen-bond acceptors (Lipinski definition) is 4. The van der Waals surface area contributed by atoms with E-state index in [-0.39, 0.29) is 6.54 Å². The first-order valence-electron chi connectivity index (χ1n) is 5.65. The lowest BCUT2D eigenvalue weighted by Crippen LogP contribution is -2.26. The standard InChI is InChI=1S/C11H20N2O2S2/c1-8(2)4-5-13-17(14,15)11-9(3)7-16-10(11)6-12/h7-8,13H,4-6,12H2,1-3H3. The predicted octanol–water partition coefficient (Wildman–Crippen LogP) is 1.84. The summed E-state index contributed by atoms with van der Waals surface area (Å²) in [7, 11) is -3.41. The molecule has 1 aromatic rings. The summed E-state index contributed by atoms with van der Waals surface area (Å²) in [6, 6.07) is 0. The van der Waals surface area contributed by atoms with Gasteiger partial charge < -0.3 is 5.73 Å². The van der Waals surface area contributed by atoms with Gasteiger partial charge in [0, 0.05) is 18.0 Å². The highest BCUT2D eigenvalue weighted by Crippen LogP contribution is 2.26. The van der Waals surface area contributed by atoms with Crippen LogP contribution in [0.15, 0.2) is 10.3 Å². The monoisotopic (exact) mass is 276 g/mol. The molecule has 4 nitrogen and oxygen atoms in total. The number of thiophene rings is 1. The molecule has 0 bridgehead atoms. The minimum Gasteiger partial charge on any atom is -0.326 e. The number of nitrogens with one attached hydrogen (secondary N) is 1. The lowest BCUT2D eigenvalue weighted by atomic mass is 10.1. The second kappa shape index (κ2) is 5.95. The van der Waals surface area contributed by atoms with E-state index in [1.807, 2.05) is 5.38 Å². The molecule has 0 aliphatic heterocycles. The maximum absolute atomic E-state index is 12.1. The zero-order valence-corrected chi connectivity index (χ0v) is 12.1. The van der Waals surface area contributed by atoms with Crippen LogP contribution in [0.5, 0.6) is 0 Å². The number of hydrogen-bond donors (Lipinski definition) is 2. The Hall–Kier alpha value is -0.430. The van der Waals surface area contributed by atoms with E-state index in [0.717, 1.165) is 16.9 Å². The fraction of sp³-hybridized carbons (Fsp3) is 0.636. The Kier molecular flexibility index (Phi) is 5.12. The summed E-state index contributed by atoms with van der Waals surface area (Å²) in [5.41, 5.74) is 6.33. The Bertz CT molecular complexity index is 464. The van der Waals surface area contributed by atoms with Crippen LogP contribution in [0.3, 0.4) is 0 Å². The molecule has 3 N–H and O–H groups in total. The molecule has 0 aromatic carbocycles. The van der Waals surface area contributed by atoms with Gasteiger partial charge in [0.25, 0.3) is 0 Å². The van der Waals surface area contributed by atoms with E-state index in [4.69, 9.17) is 5.73 Å². The van der Waals surface area contributed by atoms with Gasteiger partial charge >= 0.3 is 0 Å². The fourth-order valence-corrected chi connectivity index (χ4v) is 4.29. The van der Waals surface area contributed by atoms with Gasteiger partial charge in [0.05, 0.1) is 0 Å². The Morgan fingerprint density at radius 3 is 2.65 bits per heavy atom. The molecule has 0 spiro atoms. The average molecular weight is 276 g/mol. The Labute approximate surface area is 107 Å². The van der Waals surface area contributed by atoms with E-state index in [1.165, 1.54) is 11.3 Å². The second-order valence-electron chi connectivity index (χ2n) is 4.46. The maximum atomic E-state index is 12.1. The lowest BCUT2D eigenvalue weighted by Gasteiger charge is -2.09. The van der Waals surface area contributed by atoms with Crippen LogP contribution in [0.1, 0.15) is 30.7 Å². The van der Waals surface area contributed by atoms with E-state index in [0.29, 0.717) is 17.4 Å². The van der Waals surface area contributed by atoms with Crippen molar-refractivity contribution >= 4 is 21.4 Å². The van der Waals surface area contributed by atoms with E-state index in [2.05, 4.69) is 18.6 Å². The molecule has 0 aliphatic rings. The molecule has 0 radical (unpaired) electrons. The first kappa shape index (κ1) is 14.6. The topological polar surface area (TPSA) is 72.2 Å². The fourth-order valence-electron chi connectivity index (χ4n) is 1.54. The molecule has 1 aromatic heterocycles. The van der Waals surface area contributed by atoms with Crippen LogP contribution >= 0.6 is 11.3 Å². The van der Waals surface area contributed by atoms with Gasteiger partial charge in [-0.1, -0.05) is 13.8 Å². The van der Waals surface area contributed by atoms with Gasteiger partial charge in [-0.25, -0.2) is 13.1 Å². The van der Waals surface area contributed by atoms with Crippen LogP contribution in [-0.2, 0) is 16.6 Å². The first-order chi connectivity index (χ1) is 7.88. The summed E-state index contributed by atoms with van der Waals surface area (Å²) < 4.78 is 26.9. The molecule has 1 heterocycles. The zero-order valence-electron chi connectivity index (χ0n) is 10.5. The molecule has 6 heteroatoms. The van der Waals surface area contributed by atoms with Crippen molar-refractivity contribution in [1.29, 1.82) is 0 Å². The predicted molar refractivity (Wildman–Crippen MR) is 71.6 cm³/mol. The Morgan fingerprint density at radius 2 is 2.12 bits per heavy atom. The number of aryl methyl sites for hydroxylation is 1. The first-order valence-corrected chi connectivity index (χ1v) is 8.01. The third-order valence-electron chi connectivity index (χ3n) is 2.46. The van der Waals surface area contributed by atoms with Crippen molar-refractivity contribution in [3.63, 3.8) is 0 Å². The molecule has 1 rings (SSSR count). The highest BCUT2D eigenvalue weighted by atomic mass is 32.2. The van der Waals surface area contributed by atoms with Crippen molar-refractivity contribution in [3.05, 3.63) is 15.8 Å². The van der Waals surface area contributed by atoms with Gasteiger partial charge in [0.2, 0.25) is 10.0 Å². The molecule has 98 valence electrons. The third kappa shape index (κ3) is 3.77. The van der Waals surface area contributed by atoms with Gasteiger partial charge in [-0.05, 0) is 30.2 Å². The van der Waals surface area contributed by atoms with Crippen molar-refractivity contribution in [2.75, 3.05) is 6.54 Å². The number of rotatable bonds is 6. The largest absolute Gasteiger partial charge is 0.326 e. The minimum atomic E-state index is -3.41. The Morgan fingerprint density at radius 1 is 1.47 bits per heavy atom. The van der Waals surface area contributed by atoms with Crippen LogP contribution in [0.25, 0.3) is 0 Å². The van der Waals surface area contributed by atoms with Crippen LogP contribution < -0.4 is 10.5 Å². The van der Waals surface area contributed by atoms with Crippen molar-refractivity contribution in [3.8, 4) is 0 Å². The molecule has 0 saturated heterocycles. The second-order valence-corrected chi connectivity index (χ2v) is 7.12. The van der Waals surface area contributed by atoms with E-state index >= 15 is 0 Å². The van der Waals surface area contributed by atoms with E-state index < -0.39 is 10.0 Å². The summed E-state index contributed by atoms with van der Waals surface area (Å²) in [5.74, 6) is 0.482. The van der Waals surface area contributed by atoms with Crippen LogP contribution in [-0.4, -0.2) is 15.0 Å². The highest BCUT2D eigenvalue weighted by Gasteiger charge is 2.21. The SMILES string of the molecule is Cc1csc(CN)c1S(=O)(=O)NCCC(C)C. The number of nitrogens with two attached hydrogens (primary N) is 1. The van der Waals surface area contributed by atoms with Crippen molar-refractivity contribution in [2.45, 2.75) is 38.6 Å². The van der Waals surface area contributed by atoms with Crippen molar-refractivity contribution < 1.29 is 8.42 Å². The molecular weight excluding hydrogens is 256 g/mol. The molecular formula is C11H20N2O2S2. The van der Waals surface area contributed by atoms with E-state index in [1.54, 1.807) is 6.92 Å². The highest BCUT2D eigenvalue weighted by molar-refractivity contribution is 7.89. The molecule has 17 heavy (non-hydrogen) atoms. The summed E-state index contributed by atoms with van der Waals surface area (Å²) in [6.07, 6.45) is 0.834. The van der Waals surface area contributed by atoms with Gasteiger partial charge in [0.1, 0.15) is 4.90 Å². The summed E-state index contributed by atoms with van der Waals surface area (Å²) >= 11 is 1.40. The van der Waals surface area contributed by atoms with Crippen LogP contribution in [0.2, 0.25) is 0 Å². The van der Waals surface area contributed by atoms with Gasteiger partial charge in [-0.2, -0.15) is 0 Å². The normalized spacial score (nSPS) is 12.3. The summed E-state index contributed by atoms with van der Waals surface area (Å²) in [5, 5.41) is 1.83. The summed E-state index contributed by atoms with van der Waals surface area (Å²) in [6.45, 7) is 6.66. The molecule has 0 aliphatic carbocycles. The quantitative estimate of drug-likeness (QED) is 0.832. The molecule has 0 amide bonds. The lowest BCUT2D eigenvalue weighted by molar-refractivity contribution is 0.551. The molecule has 0 fully saturated rings. The van der Waals surface area contributed by atoms with E-state index in [9.17, 15) is 8.42 Å². The summed E-state index contributed by atoms with van der Waals surface area (Å²) in [4.78, 5) is 1.09. The van der Waals surface area contributed by atoms with Crippen molar-refractivity contribution in [1.82, 2.24) is 4.72 Å². The van der Waals surface area contributed by atoms with Gasteiger partial charge in [-0.3, -0.25) is 0 Å². The third-order valence-corrected chi connectivity index (χ3v) is 5.40. The molecule has 0 saturated carbocycles. The van der Waals surface area contributed by atoms with Crippen LogP contribution in [0.4, 0.5) is 0 Å². The van der Waals surface area contributed by atoms with Gasteiger partial charge in [-0.15, -0.1) is 11.3 Å². The van der Waals surface area contributed by atoms with Crippen LogP contribution in [0, 0.1) is 12.8 Å². The zero-order chi connectivity index (χ0) is 13.1. The van der Waals surface area contributed by atoms with Gasteiger partial charge in [0.15, 0.2) is 0 Å². The van der Waals surface area contributed by atoms with Crippen molar-refractivity contribution in [2.24, 2.45) is 11.7 Å². The average Bonchev–Trinajstić information content (AvgIpc) is 2.59. The maximum Gasteiger partial charge on any atom is 0.241 e. The molecule has 0 atom stereocenters. The minimum absolute atomic E-state index is 0.263. The molecule has 0 unspecified atom stereocenters.